The summed E-state index contributed by atoms with van der Waals surface area (Å²) in [6.45, 7) is 1.20. The molecule has 0 radical (unpaired) electrons. The topological polar surface area (TPSA) is 24.4 Å². The summed E-state index contributed by atoms with van der Waals surface area (Å²) < 4.78 is 0.720. The minimum absolute atomic E-state index is 0. The van der Waals surface area contributed by atoms with Gasteiger partial charge in [-0.3, -0.25) is 0 Å². The summed E-state index contributed by atoms with van der Waals surface area (Å²) in [5, 5.41) is 2.80. The zero-order chi connectivity index (χ0) is 7.98. The molecule has 0 spiro atoms. The van der Waals surface area contributed by atoms with Gasteiger partial charge in [-0.15, -0.1) is 12.6 Å². The first-order valence-corrected chi connectivity index (χ1v) is 4.15. The molecule has 0 aliphatic carbocycles. The van der Waals surface area contributed by atoms with Crippen LogP contribution in [0.2, 0.25) is 0 Å². The molecule has 0 aromatic carbocycles. The van der Waals surface area contributed by atoms with E-state index in [4.69, 9.17) is 0 Å². The van der Waals surface area contributed by atoms with Crippen molar-refractivity contribution in [3.8, 4) is 0 Å². The van der Waals surface area contributed by atoms with E-state index in [1.165, 1.54) is 0 Å². The van der Waals surface area contributed by atoms with E-state index in [-0.39, 0.29) is 53.3 Å². The summed E-state index contributed by atoms with van der Waals surface area (Å²) in [5.74, 6) is 0. The minimum atomic E-state index is 0. The Morgan fingerprint density at radius 2 is 2.09 bits per heavy atom. The van der Waals surface area contributed by atoms with E-state index >= 15 is 0 Å². The van der Waals surface area contributed by atoms with Crippen LogP contribution >= 0.6 is 24.8 Å². The van der Waals surface area contributed by atoms with Gasteiger partial charge in [-0.05, 0) is 0 Å². The van der Waals surface area contributed by atoms with Crippen LogP contribution in [0.5, 0.6) is 0 Å². The molecule has 0 saturated heterocycles. The molecule has 58 valence electrons. The number of rotatable bonds is 3. The van der Waals surface area contributed by atoms with Crippen molar-refractivity contribution in [1.82, 2.24) is 5.32 Å². The van der Waals surface area contributed by atoms with Gasteiger partial charge in [0.1, 0.15) is 4.32 Å². The second kappa shape index (κ2) is 10.0. The van der Waals surface area contributed by atoms with Gasteiger partial charge in [0.25, 0.3) is 0 Å². The van der Waals surface area contributed by atoms with Crippen molar-refractivity contribution in [3.63, 3.8) is 0 Å². The van der Waals surface area contributed by atoms with Gasteiger partial charge in [-0.1, -0.05) is 12.2 Å². The van der Waals surface area contributed by atoms with Crippen molar-refractivity contribution in [2.75, 3.05) is 13.1 Å². The van der Waals surface area contributed by atoms with Crippen molar-refractivity contribution in [2.24, 2.45) is 4.99 Å². The Bertz CT molecular complexity index is 145. The van der Waals surface area contributed by atoms with Crippen LogP contribution in [0.25, 0.3) is 0 Å². The molecule has 0 aromatic rings. The summed E-state index contributed by atoms with van der Waals surface area (Å²) in [4.78, 5) is 3.79. The summed E-state index contributed by atoms with van der Waals surface area (Å²) in [6.07, 6.45) is 0. The first kappa shape index (κ1) is 15.4. The molecule has 1 N–H and O–H groups in total. The number of thiocarbonyl (C=S) groups is 1. The quantitative estimate of drug-likeness (QED) is 0.141. The fraction of sp³-hybridized carbons (Fsp3) is 0.500. The molecular weight excluding hydrogens is 342 g/mol. The van der Waals surface area contributed by atoms with E-state index in [0.29, 0.717) is 17.4 Å². The van der Waals surface area contributed by atoms with Gasteiger partial charge in [-0.25, -0.2) is 4.38 Å². The smallest absolute Gasteiger partial charge is 0.789 e. The van der Waals surface area contributed by atoms with Crippen molar-refractivity contribution < 1.29 is 0 Å². The molecule has 0 aliphatic heterocycles. The van der Waals surface area contributed by atoms with Crippen LogP contribution in [0.4, 0.5) is 0 Å². The maximum Gasteiger partial charge on any atom is 2.00 e. The molecule has 0 amide bonds. The van der Waals surface area contributed by atoms with Crippen LogP contribution in [-0.4, -0.2) is 70.7 Å². The molecule has 11 heavy (non-hydrogen) atoms. The Labute approximate surface area is 129 Å². The van der Waals surface area contributed by atoms with Gasteiger partial charge < -0.3 is 35.6 Å². The van der Waals surface area contributed by atoms with E-state index in [1.54, 1.807) is 0 Å². The van der Waals surface area contributed by atoms with Crippen LogP contribution < -0.4 is 5.32 Å². The van der Waals surface area contributed by atoms with Crippen LogP contribution in [0, 0.1) is 0 Å². The van der Waals surface area contributed by atoms with Crippen molar-refractivity contribution in [2.45, 2.75) is 0 Å². The number of nitrogens with one attached hydrogen (secondary N) is 1. The zero-order valence-electron chi connectivity index (χ0n) is 5.74. The average Bonchev–Trinajstić information content (AvgIpc) is 1.79. The molecule has 0 atom stereocenters. The third-order valence-electron chi connectivity index (χ3n) is 0.629. The van der Waals surface area contributed by atoms with Crippen LogP contribution in [0.3, 0.4) is 0 Å². The molecule has 0 unspecified atom stereocenters. The summed E-state index contributed by atoms with van der Waals surface area (Å²) in [7, 11) is 0. The van der Waals surface area contributed by atoms with Gasteiger partial charge in [0.05, 0.1) is 6.54 Å². The molecule has 0 aliphatic rings. The van der Waals surface area contributed by atoms with E-state index in [2.05, 4.69) is 60.4 Å². The first-order valence-electron chi connectivity index (χ1n) is 2.48. The van der Waals surface area contributed by atoms with Crippen molar-refractivity contribution in [3.05, 3.63) is 0 Å². The van der Waals surface area contributed by atoms with Gasteiger partial charge in [-0.2, -0.15) is 0 Å². The molecular formula is C4H6BaN2S4. The van der Waals surface area contributed by atoms with E-state index in [9.17, 15) is 0 Å². The molecule has 2 nitrogen and oxygen atoms in total. The maximum absolute atomic E-state index is 4.63. The van der Waals surface area contributed by atoms with Crippen LogP contribution in [0.1, 0.15) is 0 Å². The minimum Gasteiger partial charge on any atom is -0.789 e. The third kappa shape index (κ3) is 14.7. The van der Waals surface area contributed by atoms with Crippen LogP contribution in [-0.2, 0) is 25.3 Å². The van der Waals surface area contributed by atoms with Gasteiger partial charge >= 0.3 is 48.9 Å². The Morgan fingerprint density at radius 1 is 1.55 bits per heavy atom. The van der Waals surface area contributed by atoms with Gasteiger partial charge in [0, 0.05) is 6.54 Å². The SMILES string of the molecule is S=C(S)NCCN=C([S-])[S-].[Ba+2]. The molecule has 0 fully saturated rings. The monoisotopic (exact) mass is 348 g/mol. The van der Waals surface area contributed by atoms with Gasteiger partial charge in [0.2, 0.25) is 0 Å². The summed E-state index contributed by atoms with van der Waals surface area (Å²) in [6, 6.07) is 0. The fourth-order valence-electron chi connectivity index (χ4n) is 0.310. The second-order valence-electron chi connectivity index (χ2n) is 1.38. The molecule has 0 saturated carbocycles. The van der Waals surface area contributed by atoms with Crippen molar-refractivity contribution in [1.29, 1.82) is 0 Å². The number of thiol groups is 1. The third-order valence-corrected chi connectivity index (χ3v) is 1.19. The molecule has 0 aromatic heterocycles. The Kier molecular flexibility index (Phi) is 14.0. The normalized spacial score (nSPS) is 7.73. The standard InChI is InChI=1S/C4H8N2S4.Ba/c7-3(8)5-1-2-6-4(9)10;/h1-2H2,(H2,5,7,8)(H2,6,9,10);/q;+2/p-2. The van der Waals surface area contributed by atoms with Gasteiger partial charge in [0.15, 0.2) is 0 Å². The summed E-state index contributed by atoms with van der Waals surface area (Å²) >= 11 is 17.6. The second-order valence-corrected chi connectivity index (χ2v) is 3.57. The Hall–Kier alpha value is 1.92. The summed E-state index contributed by atoms with van der Waals surface area (Å²) in [5.41, 5.74) is 0. The van der Waals surface area contributed by atoms with Crippen LogP contribution in [0.15, 0.2) is 4.99 Å². The predicted molar refractivity (Wildman–Crippen MR) is 62.4 cm³/mol. The van der Waals surface area contributed by atoms with E-state index in [1.807, 2.05) is 0 Å². The fourth-order valence-corrected chi connectivity index (χ4v) is 0.706. The largest absolute Gasteiger partial charge is 2.00 e. The predicted octanol–water partition coefficient (Wildman–Crippen LogP) is -0.140. The number of nitrogens with zero attached hydrogens (tertiary/aromatic N) is 1. The number of aliphatic imine (C=N–C) groups is 1. The molecule has 7 heteroatoms. The molecule has 0 bridgehead atoms. The Morgan fingerprint density at radius 3 is 2.45 bits per heavy atom. The van der Waals surface area contributed by atoms with Crippen molar-refractivity contribution >= 4 is 108 Å². The number of hydrogen-bond acceptors (Lipinski definition) is 4. The molecule has 0 heterocycles. The van der Waals surface area contributed by atoms with E-state index in [0.717, 1.165) is 0 Å². The van der Waals surface area contributed by atoms with E-state index < -0.39 is 0 Å². The number of hydrogen-bond donors (Lipinski definition) is 2. The average molecular weight is 348 g/mol. The first-order chi connectivity index (χ1) is 4.63. The maximum atomic E-state index is 4.63. The molecule has 0 rings (SSSR count). The Balaban J connectivity index is 0. The zero-order valence-corrected chi connectivity index (χ0v) is 13.5.